The van der Waals surface area contributed by atoms with Crippen molar-refractivity contribution in [2.45, 2.75) is 62.9 Å². The number of hydrogen-bond acceptors (Lipinski definition) is 5. The van der Waals surface area contributed by atoms with Crippen LogP contribution in [0.25, 0.3) is 0 Å². The zero-order chi connectivity index (χ0) is 15.1. The van der Waals surface area contributed by atoms with Gasteiger partial charge in [-0.15, -0.1) is 23.5 Å². The van der Waals surface area contributed by atoms with Crippen LogP contribution in [0.1, 0.15) is 41.5 Å². The fourth-order valence-electron chi connectivity index (χ4n) is 2.57. The van der Waals surface area contributed by atoms with Gasteiger partial charge in [-0.25, -0.2) is 0 Å². The Labute approximate surface area is 125 Å². The summed E-state index contributed by atoms with van der Waals surface area (Å²) in [4.78, 5) is 0. The lowest BCUT2D eigenvalue weighted by atomic mass is 9.60. The third-order valence-corrected chi connectivity index (χ3v) is 8.60. The predicted octanol–water partition coefficient (Wildman–Crippen LogP) is 2.75. The molecule has 1 heterocycles. The van der Waals surface area contributed by atoms with Gasteiger partial charge in [0.2, 0.25) is 0 Å². The molecule has 1 fully saturated rings. The monoisotopic (exact) mass is 308 g/mol. The second-order valence-corrected chi connectivity index (χ2v) is 9.37. The third-order valence-electron chi connectivity index (χ3n) is 5.14. The maximum Gasteiger partial charge on any atom is 0.0978 e. The predicted molar refractivity (Wildman–Crippen MR) is 84.8 cm³/mol. The zero-order valence-electron chi connectivity index (χ0n) is 13.1. The molecule has 114 valence electrons. The van der Waals surface area contributed by atoms with Gasteiger partial charge in [-0.2, -0.15) is 0 Å². The topological polar surface area (TPSA) is 49.7 Å². The van der Waals surface area contributed by atoms with Crippen molar-refractivity contribution < 1.29 is 14.9 Å². The lowest BCUT2D eigenvalue weighted by molar-refractivity contribution is -0.236. The molecule has 0 amide bonds. The summed E-state index contributed by atoms with van der Waals surface area (Å²) in [5.74, 6) is 2.21. The fraction of sp³-hybridized carbons (Fsp3) is 1.00. The fourth-order valence-corrected chi connectivity index (χ4v) is 6.15. The Bertz CT molecular complexity index is 317. The highest BCUT2D eigenvalue weighted by atomic mass is 32.2. The SMILES string of the molecule is COC(C)(C1SCCS1)C(C)(C)C(C)(O)C(C)(C)O. The molecule has 1 rings (SSSR count). The van der Waals surface area contributed by atoms with E-state index in [1.165, 1.54) is 0 Å². The molecule has 0 saturated carbocycles. The molecule has 0 aromatic carbocycles. The van der Waals surface area contributed by atoms with Crippen LogP contribution in [0.3, 0.4) is 0 Å². The van der Waals surface area contributed by atoms with Crippen molar-refractivity contribution in [2.24, 2.45) is 5.41 Å². The van der Waals surface area contributed by atoms with Crippen molar-refractivity contribution in [3.05, 3.63) is 0 Å². The minimum Gasteiger partial charge on any atom is -0.387 e. The van der Waals surface area contributed by atoms with Crippen molar-refractivity contribution >= 4 is 23.5 Å². The van der Waals surface area contributed by atoms with Gasteiger partial charge in [0.25, 0.3) is 0 Å². The van der Waals surface area contributed by atoms with Crippen LogP contribution >= 0.6 is 23.5 Å². The van der Waals surface area contributed by atoms with Crippen LogP contribution in [0.15, 0.2) is 0 Å². The van der Waals surface area contributed by atoms with Crippen molar-refractivity contribution in [3.8, 4) is 0 Å². The van der Waals surface area contributed by atoms with Crippen LogP contribution in [0, 0.1) is 5.41 Å². The molecular formula is C14H28O3S2. The van der Waals surface area contributed by atoms with Crippen molar-refractivity contribution in [3.63, 3.8) is 0 Å². The van der Waals surface area contributed by atoms with Gasteiger partial charge < -0.3 is 14.9 Å². The van der Waals surface area contributed by atoms with E-state index in [1.807, 2.05) is 44.3 Å². The van der Waals surface area contributed by atoms with Gasteiger partial charge in [-0.05, 0) is 27.7 Å². The van der Waals surface area contributed by atoms with Crippen LogP contribution in [0.2, 0.25) is 0 Å². The molecule has 2 unspecified atom stereocenters. The summed E-state index contributed by atoms with van der Waals surface area (Å²) in [7, 11) is 1.70. The highest BCUT2D eigenvalue weighted by Crippen LogP contribution is 2.55. The summed E-state index contributed by atoms with van der Waals surface area (Å²) in [6, 6.07) is 0. The Kier molecular flexibility index (Phi) is 5.02. The minimum absolute atomic E-state index is 0.265. The largest absolute Gasteiger partial charge is 0.387 e. The van der Waals surface area contributed by atoms with E-state index in [0.717, 1.165) is 11.5 Å². The maximum atomic E-state index is 11.0. The number of ether oxygens (including phenoxy) is 1. The normalized spacial score (nSPS) is 25.1. The molecule has 0 spiro atoms. The zero-order valence-corrected chi connectivity index (χ0v) is 14.7. The van der Waals surface area contributed by atoms with E-state index in [9.17, 15) is 10.2 Å². The molecule has 1 aliphatic heterocycles. The van der Waals surface area contributed by atoms with Gasteiger partial charge in [0.05, 0.1) is 21.4 Å². The standard InChI is InChI=1S/C14H28O3S2/c1-11(2,14(6,16)12(3,4)15)13(5,17-7)10-18-8-9-19-10/h10,15-16H,8-9H2,1-7H3. The Morgan fingerprint density at radius 3 is 1.68 bits per heavy atom. The molecule has 2 N–H and O–H groups in total. The lowest BCUT2D eigenvalue weighted by Crippen LogP contribution is -2.67. The van der Waals surface area contributed by atoms with Crippen molar-refractivity contribution in [1.29, 1.82) is 0 Å². The van der Waals surface area contributed by atoms with Crippen molar-refractivity contribution in [2.75, 3.05) is 18.6 Å². The first kappa shape index (κ1) is 17.6. The first-order valence-electron chi connectivity index (χ1n) is 6.65. The molecule has 2 atom stereocenters. The summed E-state index contributed by atoms with van der Waals surface area (Å²) in [5.41, 5.74) is -3.61. The molecule has 0 aliphatic carbocycles. The molecule has 0 aromatic rings. The van der Waals surface area contributed by atoms with Gasteiger partial charge in [0.1, 0.15) is 0 Å². The van der Waals surface area contributed by atoms with E-state index in [-0.39, 0.29) is 4.58 Å². The first-order valence-corrected chi connectivity index (χ1v) is 8.74. The summed E-state index contributed by atoms with van der Waals surface area (Å²) < 4.78 is 6.12. The second-order valence-electron chi connectivity index (χ2n) is 6.64. The Balaban J connectivity index is 3.21. The molecule has 19 heavy (non-hydrogen) atoms. The smallest absolute Gasteiger partial charge is 0.0978 e. The molecule has 1 saturated heterocycles. The number of hydrogen-bond donors (Lipinski definition) is 2. The van der Waals surface area contributed by atoms with E-state index in [2.05, 4.69) is 0 Å². The van der Waals surface area contributed by atoms with Crippen molar-refractivity contribution in [1.82, 2.24) is 0 Å². The molecule has 5 heteroatoms. The Hall–Kier alpha value is 0.580. The summed E-state index contributed by atoms with van der Waals surface area (Å²) >= 11 is 3.75. The molecule has 0 bridgehead atoms. The van der Waals surface area contributed by atoms with E-state index in [4.69, 9.17) is 4.74 Å². The van der Waals surface area contributed by atoms with E-state index in [1.54, 1.807) is 27.9 Å². The first-order chi connectivity index (χ1) is 8.42. The van der Waals surface area contributed by atoms with Gasteiger partial charge in [-0.3, -0.25) is 0 Å². The highest BCUT2D eigenvalue weighted by molar-refractivity contribution is 8.20. The van der Waals surface area contributed by atoms with Crippen LogP contribution in [0.5, 0.6) is 0 Å². The summed E-state index contributed by atoms with van der Waals surface area (Å²) in [6.45, 7) is 11.0. The van der Waals surface area contributed by atoms with E-state index in [0.29, 0.717) is 0 Å². The molecular weight excluding hydrogens is 280 g/mol. The quantitative estimate of drug-likeness (QED) is 0.818. The minimum atomic E-state index is -1.27. The van der Waals surface area contributed by atoms with Gasteiger partial charge in [0.15, 0.2) is 0 Å². The van der Waals surface area contributed by atoms with Crippen LogP contribution in [-0.2, 0) is 4.74 Å². The van der Waals surface area contributed by atoms with E-state index >= 15 is 0 Å². The average molecular weight is 309 g/mol. The molecule has 0 aromatic heterocycles. The van der Waals surface area contributed by atoms with Crippen LogP contribution < -0.4 is 0 Å². The number of aliphatic hydroxyl groups is 2. The Morgan fingerprint density at radius 2 is 1.37 bits per heavy atom. The lowest BCUT2D eigenvalue weighted by Gasteiger charge is -2.56. The molecule has 3 nitrogen and oxygen atoms in total. The number of rotatable bonds is 5. The second kappa shape index (κ2) is 5.41. The van der Waals surface area contributed by atoms with Gasteiger partial charge >= 0.3 is 0 Å². The maximum absolute atomic E-state index is 11.0. The Morgan fingerprint density at radius 1 is 0.947 bits per heavy atom. The summed E-state index contributed by atoms with van der Waals surface area (Å²) in [6.07, 6.45) is 0. The van der Waals surface area contributed by atoms with Crippen LogP contribution in [0.4, 0.5) is 0 Å². The van der Waals surface area contributed by atoms with Gasteiger partial charge in [0, 0.05) is 24.0 Å². The number of methoxy groups -OCH3 is 1. The molecule has 0 radical (unpaired) electrons. The summed E-state index contributed by atoms with van der Waals surface area (Å²) in [5, 5.41) is 21.3. The van der Waals surface area contributed by atoms with E-state index < -0.39 is 22.2 Å². The number of thioether (sulfide) groups is 2. The molecule has 1 aliphatic rings. The highest BCUT2D eigenvalue weighted by Gasteiger charge is 2.61. The van der Waals surface area contributed by atoms with Crippen LogP contribution in [-0.4, -0.2) is 50.2 Å². The average Bonchev–Trinajstić information content (AvgIpc) is 2.79. The van der Waals surface area contributed by atoms with Gasteiger partial charge in [-0.1, -0.05) is 13.8 Å². The third kappa shape index (κ3) is 2.69.